The number of carbonyl (C=O) groups is 1. The first-order valence-corrected chi connectivity index (χ1v) is 10.9. The second-order valence-electron chi connectivity index (χ2n) is 7.98. The normalized spacial score (nSPS) is 11.9. The van der Waals surface area contributed by atoms with Gasteiger partial charge in [0.05, 0.1) is 17.1 Å². The molecule has 174 valence electrons. The first-order valence-electron chi connectivity index (χ1n) is 10.9. The molecular formula is C26H20FN5O3. The number of benzene rings is 2. The third-order valence-corrected chi connectivity index (χ3v) is 5.62. The maximum absolute atomic E-state index is 13.2. The number of amides is 1. The van der Waals surface area contributed by atoms with Gasteiger partial charge in [0.15, 0.2) is 0 Å². The van der Waals surface area contributed by atoms with Crippen LogP contribution in [0.15, 0.2) is 88.3 Å². The van der Waals surface area contributed by atoms with E-state index in [-0.39, 0.29) is 35.8 Å². The first kappa shape index (κ1) is 22.1. The highest BCUT2D eigenvalue weighted by Crippen LogP contribution is 2.27. The molecule has 3 aromatic heterocycles. The van der Waals surface area contributed by atoms with Crippen LogP contribution < -0.4 is 10.9 Å². The number of aromatic nitrogens is 4. The van der Waals surface area contributed by atoms with Crippen LogP contribution >= 0.6 is 0 Å². The summed E-state index contributed by atoms with van der Waals surface area (Å²) in [5, 5.41) is 7.53. The van der Waals surface area contributed by atoms with E-state index in [1.807, 2.05) is 18.2 Å². The van der Waals surface area contributed by atoms with Crippen molar-refractivity contribution in [1.29, 1.82) is 0 Å². The molecule has 2 aromatic carbocycles. The Hall–Kier alpha value is -4.66. The van der Waals surface area contributed by atoms with Crippen LogP contribution in [0.25, 0.3) is 33.9 Å². The van der Waals surface area contributed by atoms with E-state index in [1.54, 1.807) is 49.5 Å². The van der Waals surface area contributed by atoms with Crippen molar-refractivity contribution in [3.63, 3.8) is 0 Å². The minimum Gasteiger partial charge on any atom is -0.348 e. The van der Waals surface area contributed by atoms with Gasteiger partial charge >= 0.3 is 0 Å². The fourth-order valence-corrected chi connectivity index (χ4v) is 3.87. The van der Waals surface area contributed by atoms with E-state index in [9.17, 15) is 14.0 Å². The molecule has 0 aliphatic carbocycles. The minimum atomic E-state index is -0.388. The van der Waals surface area contributed by atoms with Crippen molar-refractivity contribution in [2.24, 2.45) is 0 Å². The monoisotopic (exact) mass is 469 g/mol. The van der Waals surface area contributed by atoms with E-state index in [4.69, 9.17) is 4.52 Å². The molecule has 0 aliphatic heterocycles. The quantitative estimate of drug-likeness (QED) is 0.401. The number of nitrogens with one attached hydrogen (secondary N) is 1. The van der Waals surface area contributed by atoms with Gasteiger partial charge in [-0.1, -0.05) is 41.6 Å². The van der Waals surface area contributed by atoms with E-state index in [0.717, 1.165) is 5.56 Å². The molecule has 0 aliphatic rings. The van der Waals surface area contributed by atoms with Gasteiger partial charge in [-0.05, 0) is 42.8 Å². The smallest absolute Gasteiger partial charge is 0.259 e. The summed E-state index contributed by atoms with van der Waals surface area (Å²) in [5.74, 6) is -0.209. The Kier molecular flexibility index (Phi) is 5.88. The van der Waals surface area contributed by atoms with Gasteiger partial charge < -0.3 is 9.84 Å². The third-order valence-electron chi connectivity index (χ3n) is 5.62. The maximum atomic E-state index is 13.2. The van der Waals surface area contributed by atoms with Crippen molar-refractivity contribution in [3.05, 3.63) is 101 Å². The number of hydrogen-bond acceptors (Lipinski definition) is 6. The summed E-state index contributed by atoms with van der Waals surface area (Å²) in [6.07, 6.45) is 1.63. The molecule has 1 N–H and O–H groups in total. The number of halogens is 1. The standard InChI is InChI=1S/C26H20FN5O3/c1-16(17-9-11-18(27)12-10-17)29-23(33)15-32-22-8-3-2-6-19(22)20(14-24(32)34)26-30-25(31-35-26)21-7-4-5-13-28-21/h2-14,16H,15H2,1H3,(H,29,33)/t16-/m1/s1. The Bertz CT molecular complexity index is 1560. The van der Waals surface area contributed by atoms with Crippen LogP contribution in [0.3, 0.4) is 0 Å². The molecule has 0 fully saturated rings. The summed E-state index contributed by atoms with van der Waals surface area (Å²) in [6.45, 7) is 1.61. The number of hydrogen-bond donors (Lipinski definition) is 1. The molecule has 0 bridgehead atoms. The van der Waals surface area contributed by atoms with Crippen molar-refractivity contribution in [3.8, 4) is 23.0 Å². The Morgan fingerprint density at radius 1 is 1.09 bits per heavy atom. The third kappa shape index (κ3) is 4.56. The highest BCUT2D eigenvalue weighted by Gasteiger charge is 2.18. The van der Waals surface area contributed by atoms with Crippen LogP contribution in [0.1, 0.15) is 18.5 Å². The predicted octanol–water partition coefficient (Wildman–Crippen LogP) is 4.13. The van der Waals surface area contributed by atoms with Gasteiger partial charge in [0.2, 0.25) is 11.7 Å². The van der Waals surface area contributed by atoms with Crippen molar-refractivity contribution >= 4 is 16.8 Å². The van der Waals surface area contributed by atoms with Gasteiger partial charge in [-0.2, -0.15) is 4.98 Å². The van der Waals surface area contributed by atoms with Gasteiger partial charge in [0.1, 0.15) is 18.1 Å². The number of para-hydroxylation sites is 1. The average Bonchev–Trinajstić information content (AvgIpc) is 3.37. The van der Waals surface area contributed by atoms with E-state index >= 15 is 0 Å². The number of nitrogens with zero attached hydrogens (tertiary/aromatic N) is 4. The molecule has 0 saturated carbocycles. The van der Waals surface area contributed by atoms with Crippen LogP contribution in [-0.2, 0) is 11.3 Å². The Morgan fingerprint density at radius 2 is 1.86 bits per heavy atom. The van der Waals surface area contributed by atoms with Gasteiger partial charge in [-0.25, -0.2) is 4.39 Å². The summed E-state index contributed by atoms with van der Waals surface area (Å²) in [5.41, 5.74) is 1.94. The van der Waals surface area contributed by atoms with E-state index in [2.05, 4.69) is 20.4 Å². The molecule has 3 heterocycles. The average molecular weight is 469 g/mol. The van der Waals surface area contributed by atoms with Crippen molar-refractivity contribution in [1.82, 2.24) is 25.0 Å². The van der Waals surface area contributed by atoms with Crippen molar-refractivity contribution < 1.29 is 13.7 Å². The van der Waals surface area contributed by atoms with Crippen LogP contribution in [0.2, 0.25) is 0 Å². The largest absolute Gasteiger partial charge is 0.348 e. The first-order chi connectivity index (χ1) is 17.0. The highest BCUT2D eigenvalue weighted by molar-refractivity contribution is 5.93. The maximum Gasteiger partial charge on any atom is 0.259 e. The highest BCUT2D eigenvalue weighted by atomic mass is 19.1. The molecule has 0 radical (unpaired) electrons. The molecular weight excluding hydrogens is 449 g/mol. The van der Waals surface area contributed by atoms with E-state index in [1.165, 1.54) is 22.8 Å². The fourth-order valence-electron chi connectivity index (χ4n) is 3.87. The number of pyridine rings is 2. The molecule has 1 atom stereocenters. The summed E-state index contributed by atoms with van der Waals surface area (Å²) >= 11 is 0. The van der Waals surface area contributed by atoms with Crippen LogP contribution in [0, 0.1) is 5.82 Å². The molecule has 0 spiro atoms. The van der Waals surface area contributed by atoms with Gasteiger partial charge in [-0.15, -0.1) is 0 Å². The summed E-state index contributed by atoms with van der Waals surface area (Å²) in [6, 6.07) is 19.5. The Morgan fingerprint density at radius 3 is 2.63 bits per heavy atom. The van der Waals surface area contributed by atoms with Gasteiger partial charge in [0.25, 0.3) is 11.4 Å². The number of fused-ring (bicyclic) bond motifs is 1. The minimum absolute atomic E-state index is 0.181. The molecule has 5 aromatic rings. The molecule has 8 nitrogen and oxygen atoms in total. The van der Waals surface area contributed by atoms with Gasteiger partial charge in [0, 0.05) is 17.6 Å². The summed E-state index contributed by atoms with van der Waals surface area (Å²) in [4.78, 5) is 34.5. The lowest BCUT2D eigenvalue weighted by Gasteiger charge is -2.16. The van der Waals surface area contributed by atoms with Crippen molar-refractivity contribution in [2.75, 3.05) is 0 Å². The SMILES string of the molecule is C[C@@H](NC(=O)Cn1c(=O)cc(-c2nc(-c3ccccn3)no2)c2ccccc21)c1ccc(F)cc1. The lowest BCUT2D eigenvalue weighted by atomic mass is 10.1. The molecule has 9 heteroatoms. The molecule has 35 heavy (non-hydrogen) atoms. The zero-order valence-electron chi connectivity index (χ0n) is 18.7. The van der Waals surface area contributed by atoms with Gasteiger partial charge in [-0.3, -0.25) is 19.1 Å². The van der Waals surface area contributed by atoms with Crippen LogP contribution in [-0.4, -0.2) is 25.6 Å². The fraction of sp³-hybridized carbons (Fsp3) is 0.115. The zero-order chi connectivity index (χ0) is 24.4. The lowest BCUT2D eigenvalue weighted by molar-refractivity contribution is -0.122. The van der Waals surface area contributed by atoms with Crippen LogP contribution in [0.5, 0.6) is 0 Å². The summed E-state index contributed by atoms with van der Waals surface area (Å²) in [7, 11) is 0. The Balaban J connectivity index is 1.45. The molecule has 0 unspecified atom stereocenters. The Labute approximate surface area is 199 Å². The second kappa shape index (κ2) is 9.30. The predicted molar refractivity (Wildman–Crippen MR) is 128 cm³/mol. The van der Waals surface area contributed by atoms with Crippen molar-refractivity contribution in [2.45, 2.75) is 19.5 Å². The number of carbonyl (C=O) groups excluding carboxylic acids is 1. The topological polar surface area (TPSA) is 103 Å². The van der Waals surface area contributed by atoms with E-state index < -0.39 is 0 Å². The lowest BCUT2D eigenvalue weighted by Crippen LogP contribution is -2.34. The molecule has 0 saturated heterocycles. The second-order valence-corrected chi connectivity index (χ2v) is 7.98. The van der Waals surface area contributed by atoms with Crippen LogP contribution in [0.4, 0.5) is 4.39 Å². The number of rotatable bonds is 6. The molecule has 5 rings (SSSR count). The zero-order valence-corrected chi connectivity index (χ0v) is 18.7. The summed E-state index contributed by atoms with van der Waals surface area (Å²) < 4.78 is 20.0. The van der Waals surface area contributed by atoms with E-state index in [0.29, 0.717) is 28.0 Å². The molecule has 1 amide bonds.